The molecule has 0 bridgehead atoms. The second kappa shape index (κ2) is 3.20. The Kier molecular flexibility index (Phi) is 2.18. The Hall–Kier alpha value is -0.730. The highest BCUT2D eigenvalue weighted by Crippen LogP contribution is 2.39. The molecule has 2 rings (SSSR count). The molecule has 13 heavy (non-hydrogen) atoms. The van der Waals surface area contributed by atoms with Crippen LogP contribution in [0.4, 0.5) is 0 Å². The zero-order valence-corrected chi connectivity index (χ0v) is 8.48. The summed E-state index contributed by atoms with van der Waals surface area (Å²) in [5.74, 6) is 0.848. The van der Waals surface area contributed by atoms with Crippen LogP contribution < -0.4 is 10.1 Å². The van der Waals surface area contributed by atoms with E-state index in [1.165, 1.54) is 11.1 Å². The van der Waals surface area contributed by atoms with Crippen molar-refractivity contribution in [2.24, 2.45) is 0 Å². The predicted octanol–water partition coefficient (Wildman–Crippen LogP) is 2.30. The zero-order valence-electron chi connectivity index (χ0n) is 7.73. The van der Waals surface area contributed by atoms with Crippen molar-refractivity contribution in [1.29, 1.82) is 0 Å². The maximum atomic E-state index is 6.01. The van der Waals surface area contributed by atoms with Gasteiger partial charge < -0.3 is 10.1 Å². The molecule has 1 aromatic rings. The molecule has 0 radical (unpaired) electrons. The molecule has 1 aliphatic rings. The van der Waals surface area contributed by atoms with Gasteiger partial charge in [0.25, 0.3) is 0 Å². The lowest BCUT2D eigenvalue weighted by Crippen LogP contribution is -2.17. The highest BCUT2D eigenvalue weighted by molar-refractivity contribution is 6.32. The first-order valence-electron chi connectivity index (χ1n) is 4.33. The summed E-state index contributed by atoms with van der Waals surface area (Å²) in [6.07, 6.45) is 0. The lowest BCUT2D eigenvalue weighted by atomic mass is 10.0. The van der Waals surface area contributed by atoms with Crippen LogP contribution in [0.1, 0.15) is 17.2 Å². The monoisotopic (exact) mass is 197 g/mol. The predicted molar refractivity (Wildman–Crippen MR) is 53.5 cm³/mol. The van der Waals surface area contributed by atoms with E-state index < -0.39 is 0 Å². The van der Waals surface area contributed by atoms with Crippen molar-refractivity contribution in [3.63, 3.8) is 0 Å². The molecular weight excluding hydrogens is 186 g/mol. The molecule has 0 spiro atoms. The van der Waals surface area contributed by atoms with Gasteiger partial charge in [0.15, 0.2) is 0 Å². The van der Waals surface area contributed by atoms with E-state index in [1.54, 1.807) is 0 Å². The van der Waals surface area contributed by atoms with E-state index in [1.807, 2.05) is 19.2 Å². The standard InChI is InChI=1S/C10H12ClNO/c1-6-3-4-7(11)10-9(6)8(12-2)5-13-10/h3-4,8,12H,5H2,1-2H3. The van der Waals surface area contributed by atoms with Crippen molar-refractivity contribution in [2.45, 2.75) is 13.0 Å². The maximum absolute atomic E-state index is 6.01. The smallest absolute Gasteiger partial charge is 0.143 e. The lowest BCUT2D eigenvalue weighted by molar-refractivity contribution is 0.318. The Balaban J connectivity index is 2.55. The second-order valence-electron chi connectivity index (χ2n) is 3.26. The minimum Gasteiger partial charge on any atom is -0.490 e. The van der Waals surface area contributed by atoms with Crippen molar-refractivity contribution in [3.05, 3.63) is 28.3 Å². The van der Waals surface area contributed by atoms with Gasteiger partial charge in [-0.2, -0.15) is 0 Å². The fourth-order valence-electron chi connectivity index (χ4n) is 1.73. The molecule has 1 unspecified atom stereocenters. The van der Waals surface area contributed by atoms with E-state index in [4.69, 9.17) is 16.3 Å². The summed E-state index contributed by atoms with van der Waals surface area (Å²) in [6.45, 7) is 2.75. The molecule has 70 valence electrons. The molecule has 1 atom stereocenters. The van der Waals surface area contributed by atoms with Gasteiger partial charge in [0.1, 0.15) is 12.4 Å². The van der Waals surface area contributed by atoms with Gasteiger partial charge in [-0.1, -0.05) is 17.7 Å². The fourth-order valence-corrected chi connectivity index (χ4v) is 1.95. The van der Waals surface area contributed by atoms with E-state index in [2.05, 4.69) is 12.2 Å². The summed E-state index contributed by atoms with van der Waals surface area (Å²) in [5, 5.41) is 3.91. The molecule has 0 saturated heterocycles. The average molecular weight is 198 g/mol. The molecule has 1 heterocycles. The summed E-state index contributed by atoms with van der Waals surface area (Å²) >= 11 is 6.01. The number of halogens is 1. The Bertz CT molecular complexity index is 338. The number of likely N-dealkylation sites (N-methyl/N-ethyl adjacent to an activating group) is 1. The summed E-state index contributed by atoms with van der Waals surface area (Å²) < 4.78 is 5.52. The van der Waals surface area contributed by atoms with Crippen LogP contribution >= 0.6 is 11.6 Å². The maximum Gasteiger partial charge on any atom is 0.143 e. The van der Waals surface area contributed by atoms with Gasteiger partial charge in [-0.15, -0.1) is 0 Å². The van der Waals surface area contributed by atoms with Crippen molar-refractivity contribution < 1.29 is 4.74 Å². The minimum atomic E-state index is 0.286. The van der Waals surface area contributed by atoms with Gasteiger partial charge in [0.2, 0.25) is 0 Å². The molecule has 0 amide bonds. The minimum absolute atomic E-state index is 0.286. The van der Waals surface area contributed by atoms with E-state index in [9.17, 15) is 0 Å². The topological polar surface area (TPSA) is 21.3 Å². The van der Waals surface area contributed by atoms with Gasteiger partial charge in [0.05, 0.1) is 11.1 Å². The normalized spacial score (nSPS) is 19.8. The van der Waals surface area contributed by atoms with Gasteiger partial charge in [-0.3, -0.25) is 0 Å². The summed E-state index contributed by atoms with van der Waals surface area (Å²) in [7, 11) is 1.93. The molecule has 0 aliphatic carbocycles. The van der Waals surface area contributed by atoms with E-state index in [0.717, 1.165) is 5.75 Å². The quantitative estimate of drug-likeness (QED) is 0.746. The molecule has 1 aliphatic heterocycles. The molecule has 0 saturated carbocycles. The fraction of sp³-hybridized carbons (Fsp3) is 0.400. The molecule has 0 aromatic heterocycles. The Labute approximate surface area is 82.9 Å². The highest BCUT2D eigenvalue weighted by Gasteiger charge is 2.26. The Morgan fingerprint density at radius 2 is 2.31 bits per heavy atom. The van der Waals surface area contributed by atoms with Crippen molar-refractivity contribution >= 4 is 11.6 Å². The third-order valence-corrected chi connectivity index (χ3v) is 2.75. The highest BCUT2D eigenvalue weighted by atomic mass is 35.5. The van der Waals surface area contributed by atoms with Gasteiger partial charge >= 0.3 is 0 Å². The number of hydrogen-bond donors (Lipinski definition) is 1. The molecule has 2 nitrogen and oxygen atoms in total. The number of aryl methyl sites for hydroxylation is 1. The van der Waals surface area contributed by atoms with Gasteiger partial charge in [-0.05, 0) is 25.6 Å². The molecular formula is C10H12ClNO. The number of ether oxygens (including phenoxy) is 1. The van der Waals surface area contributed by atoms with Crippen molar-refractivity contribution in [3.8, 4) is 5.75 Å². The number of fused-ring (bicyclic) bond motifs is 1. The summed E-state index contributed by atoms with van der Waals surface area (Å²) in [6, 6.07) is 4.20. The van der Waals surface area contributed by atoms with E-state index >= 15 is 0 Å². The van der Waals surface area contributed by atoms with E-state index in [-0.39, 0.29) is 6.04 Å². The van der Waals surface area contributed by atoms with E-state index in [0.29, 0.717) is 11.6 Å². The average Bonchev–Trinajstić information content (AvgIpc) is 2.56. The molecule has 0 fully saturated rings. The van der Waals surface area contributed by atoms with Crippen molar-refractivity contribution in [2.75, 3.05) is 13.7 Å². The van der Waals surface area contributed by atoms with Crippen LogP contribution in [0.2, 0.25) is 5.02 Å². The van der Waals surface area contributed by atoms with Gasteiger partial charge in [0, 0.05) is 5.56 Å². The first kappa shape index (κ1) is 8.85. The third kappa shape index (κ3) is 1.30. The van der Waals surface area contributed by atoms with Crippen LogP contribution in [0.3, 0.4) is 0 Å². The number of hydrogen-bond acceptors (Lipinski definition) is 2. The van der Waals surface area contributed by atoms with Crippen LogP contribution in [0.5, 0.6) is 5.75 Å². The number of benzene rings is 1. The first-order valence-corrected chi connectivity index (χ1v) is 4.71. The molecule has 1 N–H and O–H groups in total. The SMILES string of the molecule is CNC1COc2c(Cl)ccc(C)c21. The number of nitrogens with one attached hydrogen (secondary N) is 1. The zero-order chi connectivity index (χ0) is 9.42. The third-order valence-electron chi connectivity index (χ3n) is 2.46. The summed E-state index contributed by atoms with van der Waals surface area (Å²) in [5.41, 5.74) is 2.44. The van der Waals surface area contributed by atoms with Crippen LogP contribution in [0.25, 0.3) is 0 Å². The van der Waals surface area contributed by atoms with Crippen LogP contribution in [0, 0.1) is 6.92 Å². The first-order chi connectivity index (χ1) is 6.24. The van der Waals surface area contributed by atoms with Crippen LogP contribution in [0.15, 0.2) is 12.1 Å². The lowest BCUT2D eigenvalue weighted by Gasteiger charge is -2.09. The van der Waals surface area contributed by atoms with Crippen LogP contribution in [-0.2, 0) is 0 Å². The largest absolute Gasteiger partial charge is 0.490 e. The summed E-state index contributed by atoms with van der Waals surface area (Å²) in [4.78, 5) is 0. The molecule has 3 heteroatoms. The Morgan fingerprint density at radius 3 is 3.00 bits per heavy atom. The van der Waals surface area contributed by atoms with Crippen molar-refractivity contribution in [1.82, 2.24) is 5.32 Å². The second-order valence-corrected chi connectivity index (χ2v) is 3.67. The Morgan fingerprint density at radius 1 is 1.54 bits per heavy atom. The van der Waals surface area contributed by atoms with Gasteiger partial charge in [-0.25, -0.2) is 0 Å². The molecule has 1 aromatic carbocycles. The van der Waals surface area contributed by atoms with Crippen LogP contribution in [-0.4, -0.2) is 13.7 Å². The number of rotatable bonds is 1.